The van der Waals surface area contributed by atoms with Gasteiger partial charge in [0.15, 0.2) is 0 Å². The second-order valence-corrected chi connectivity index (χ2v) is 5.49. The van der Waals surface area contributed by atoms with Crippen molar-refractivity contribution in [1.82, 2.24) is 0 Å². The molecular formula is C17H14ClNO2. The lowest BCUT2D eigenvalue weighted by Crippen LogP contribution is -2.05. The van der Waals surface area contributed by atoms with Crippen LogP contribution >= 0.6 is 11.6 Å². The van der Waals surface area contributed by atoms with Crippen molar-refractivity contribution in [3.05, 3.63) is 64.0 Å². The van der Waals surface area contributed by atoms with E-state index in [1.54, 1.807) is 18.2 Å². The van der Waals surface area contributed by atoms with Gasteiger partial charge in [-0.2, -0.15) is 0 Å². The van der Waals surface area contributed by atoms with Gasteiger partial charge in [0.05, 0.1) is 0 Å². The van der Waals surface area contributed by atoms with Crippen LogP contribution in [0.5, 0.6) is 0 Å². The average molecular weight is 300 g/mol. The first kappa shape index (κ1) is 13.7. The monoisotopic (exact) mass is 299 g/mol. The van der Waals surface area contributed by atoms with Crippen LogP contribution in [0.1, 0.15) is 11.1 Å². The van der Waals surface area contributed by atoms with Crippen LogP contribution < -0.4 is 5.36 Å². The van der Waals surface area contributed by atoms with E-state index in [9.17, 15) is 5.21 Å². The Bertz CT molecular complexity index is 880. The van der Waals surface area contributed by atoms with E-state index in [1.807, 2.05) is 38.1 Å². The fourth-order valence-corrected chi connectivity index (χ4v) is 2.64. The van der Waals surface area contributed by atoms with E-state index in [0.717, 1.165) is 22.1 Å². The number of nitrogens with zero attached hydrogens (tertiary/aromatic N) is 1. The molecule has 4 heteroatoms. The van der Waals surface area contributed by atoms with Gasteiger partial charge in [0, 0.05) is 22.0 Å². The molecule has 0 aliphatic carbocycles. The van der Waals surface area contributed by atoms with Gasteiger partial charge in [0.2, 0.25) is 0 Å². The molecule has 3 nitrogen and oxygen atoms in total. The second kappa shape index (κ2) is 5.26. The summed E-state index contributed by atoms with van der Waals surface area (Å²) in [7, 11) is 0. The normalized spacial score (nSPS) is 12.0. The maximum atomic E-state index is 9.31. The van der Waals surface area contributed by atoms with Crippen LogP contribution in [-0.2, 0) is 0 Å². The van der Waals surface area contributed by atoms with Crippen molar-refractivity contribution in [2.45, 2.75) is 13.8 Å². The SMILES string of the molecule is Cc1cc(C)c2c(=NO)cc(-c3ccc(Cl)cc3)oc2c1. The van der Waals surface area contributed by atoms with Crippen LogP contribution in [0, 0.1) is 13.8 Å². The van der Waals surface area contributed by atoms with E-state index in [4.69, 9.17) is 16.0 Å². The van der Waals surface area contributed by atoms with Gasteiger partial charge in [-0.3, -0.25) is 0 Å². The minimum Gasteiger partial charge on any atom is -0.456 e. The third-order valence-corrected chi connectivity index (χ3v) is 3.68. The van der Waals surface area contributed by atoms with Gasteiger partial charge in [-0.05, 0) is 55.3 Å². The van der Waals surface area contributed by atoms with E-state index >= 15 is 0 Å². The second-order valence-electron chi connectivity index (χ2n) is 5.06. The number of benzene rings is 2. The molecule has 0 atom stereocenters. The first-order valence-electron chi connectivity index (χ1n) is 6.57. The molecule has 1 aromatic heterocycles. The molecule has 21 heavy (non-hydrogen) atoms. The highest BCUT2D eigenvalue weighted by Crippen LogP contribution is 2.25. The maximum absolute atomic E-state index is 9.31. The van der Waals surface area contributed by atoms with Gasteiger partial charge >= 0.3 is 0 Å². The molecular weight excluding hydrogens is 286 g/mol. The van der Waals surface area contributed by atoms with Crippen molar-refractivity contribution < 1.29 is 9.62 Å². The Morgan fingerprint density at radius 1 is 1.05 bits per heavy atom. The number of halogens is 1. The summed E-state index contributed by atoms with van der Waals surface area (Å²) in [4.78, 5) is 0. The molecule has 0 radical (unpaired) electrons. The number of hydrogen-bond donors (Lipinski definition) is 1. The van der Waals surface area contributed by atoms with Crippen molar-refractivity contribution in [1.29, 1.82) is 0 Å². The number of aryl methyl sites for hydroxylation is 2. The summed E-state index contributed by atoms with van der Waals surface area (Å²) >= 11 is 5.91. The summed E-state index contributed by atoms with van der Waals surface area (Å²) in [5, 5.41) is 14.7. The standard InChI is InChI=1S/C17H14ClNO2/c1-10-7-11(2)17-14(19-20)9-15(21-16(17)8-10)12-3-5-13(18)6-4-12/h3-9,20H,1-2H3. The van der Waals surface area contributed by atoms with Crippen LogP contribution in [-0.4, -0.2) is 5.21 Å². The molecule has 0 bridgehead atoms. The Morgan fingerprint density at radius 2 is 1.76 bits per heavy atom. The van der Waals surface area contributed by atoms with Crippen molar-refractivity contribution in [2.75, 3.05) is 0 Å². The largest absolute Gasteiger partial charge is 0.456 e. The summed E-state index contributed by atoms with van der Waals surface area (Å²) in [6, 6.07) is 13.0. The topological polar surface area (TPSA) is 45.7 Å². The number of hydrogen-bond acceptors (Lipinski definition) is 3. The first-order chi connectivity index (χ1) is 10.1. The highest BCUT2D eigenvalue weighted by atomic mass is 35.5. The van der Waals surface area contributed by atoms with Crippen LogP contribution in [0.4, 0.5) is 0 Å². The fourth-order valence-electron chi connectivity index (χ4n) is 2.52. The van der Waals surface area contributed by atoms with E-state index in [-0.39, 0.29) is 0 Å². The smallest absolute Gasteiger partial charge is 0.137 e. The van der Waals surface area contributed by atoms with Crippen molar-refractivity contribution >= 4 is 22.6 Å². The predicted octanol–water partition coefficient (Wildman–Crippen LogP) is 4.66. The Morgan fingerprint density at radius 3 is 2.43 bits per heavy atom. The summed E-state index contributed by atoms with van der Waals surface area (Å²) in [6.45, 7) is 3.98. The molecule has 1 N–H and O–H groups in total. The van der Waals surface area contributed by atoms with E-state index < -0.39 is 0 Å². The highest BCUT2D eigenvalue weighted by molar-refractivity contribution is 6.30. The lowest BCUT2D eigenvalue weighted by molar-refractivity contribution is 0.302. The highest BCUT2D eigenvalue weighted by Gasteiger charge is 2.09. The quantitative estimate of drug-likeness (QED) is 0.524. The molecule has 0 spiro atoms. The van der Waals surface area contributed by atoms with Crippen LogP contribution in [0.25, 0.3) is 22.3 Å². The van der Waals surface area contributed by atoms with Gasteiger partial charge in [-0.15, -0.1) is 0 Å². The Balaban J connectivity index is 2.34. The number of rotatable bonds is 1. The van der Waals surface area contributed by atoms with Crippen molar-refractivity contribution in [3.8, 4) is 11.3 Å². The van der Waals surface area contributed by atoms with Gasteiger partial charge in [0.25, 0.3) is 0 Å². The third kappa shape index (κ3) is 2.52. The van der Waals surface area contributed by atoms with E-state index in [0.29, 0.717) is 21.7 Å². The molecule has 0 aliphatic heterocycles. The van der Waals surface area contributed by atoms with Crippen molar-refractivity contribution in [3.63, 3.8) is 0 Å². The van der Waals surface area contributed by atoms with Gasteiger partial charge in [-0.1, -0.05) is 22.8 Å². The van der Waals surface area contributed by atoms with Crippen LogP contribution in [0.2, 0.25) is 5.02 Å². The average Bonchev–Trinajstić information content (AvgIpc) is 2.46. The summed E-state index contributed by atoms with van der Waals surface area (Å²) < 4.78 is 5.98. The summed E-state index contributed by atoms with van der Waals surface area (Å²) in [5.41, 5.74) is 3.70. The Labute approximate surface area is 127 Å². The fraction of sp³-hybridized carbons (Fsp3) is 0.118. The third-order valence-electron chi connectivity index (χ3n) is 3.42. The van der Waals surface area contributed by atoms with E-state index in [1.165, 1.54) is 0 Å². The molecule has 0 unspecified atom stereocenters. The zero-order valence-electron chi connectivity index (χ0n) is 11.7. The van der Waals surface area contributed by atoms with Crippen molar-refractivity contribution in [2.24, 2.45) is 5.16 Å². The van der Waals surface area contributed by atoms with Gasteiger partial charge < -0.3 is 9.62 Å². The zero-order valence-corrected chi connectivity index (χ0v) is 12.5. The number of fused-ring (bicyclic) bond motifs is 1. The molecule has 0 saturated carbocycles. The summed E-state index contributed by atoms with van der Waals surface area (Å²) in [5.74, 6) is 0.636. The zero-order chi connectivity index (χ0) is 15.0. The van der Waals surface area contributed by atoms with Gasteiger partial charge in [-0.25, -0.2) is 0 Å². The molecule has 3 aromatic rings. The Kier molecular flexibility index (Phi) is 3.43. The molecule has 0 fully saturated rings. The molecule has 0 saturated heterocycles. The Hall–Kier alpha value is -2.26. The molecule has 0 aliphatic rings. The molecule has 3 rings (SSSR count). The maximum Gasteiger partial charge on any atom is 0.137 e. The molecule has 0 amide bonds. The van der Waals surface area contributed by atoms with Gasteiger partial charge in [0.1, 0.15) is 16.7 Å². The lowest BCUT2D eigenvalue weighted by Gasteiger charge is -2.07. The molecule has 106 valence electrons. The molecule has 2 aromatic carbocycles. The van der Waals surface area contributed by atoms with Crippen LogP contribution in [0.15, 0.2) is 52.0 Å². The van der Waals surface area contributed by atoms with E-state index in [2.05, 4.69) is 5.16 Å². The first-order valence-corrected chi connectivity index (χ1v) is 6.95. The minimum absolute atomic E-state index is 0.499. The van der Waals surface area contributed by atoms with Crippen LogP contribution in [0.3, 0.4) is 0 Å². The summed E-state index contributed by atoms with van der Waals surface area (Å²) in [6.07, 6.45) is 0. The minimum atomic E-state index is 0.499. The predicted molar refractivity (Wildman–Crippen MR) is 83.5 cm³/mol. The lowest BCUT2D eigenvalue weighted by atomic mass is 10.1. The molecule has 1 heterocycles.